The second-order valence-electron chi connectivity index (χ2n) is 3.49. The fourth-order valence-corrected chi connectivity index (χ4v) is 1.62. The molecule has 2 rings (SSSR count). The first-order valence-electron chi connectivity index (χ1n) is 4.74. The Morgan fingerprint density at radius 2 is 1.88 bits per heavy atom. The number of furan rings is 1. The van der Waals surface area contributed by atoms with Crippen molar-refractivity contribution in [3.8, 4) is 0 Å². The summed E-state index contributed by atoms with van der Waals surface area (Å²) in [5.41, 5.74) is -0.125. The number of aryl methyl sites for hydroxylation is 1. The Hall–Kier alpha value is -1.68. The lowest BCUT2D eigenvalue weighted by Gasteiger charge is -2.02. The van der Waals surface area contributed by atoms with Crippen molar-refractivity contribution in [3.63, 3.8) is 0 Å². The lowest BCUT2D eigenvalue weighted by Crippen LogP contribution is -2.02. The Morgan fingerprint density at radius 3 is 2.47 bits per heavy atom. The average Bonchev–Trinajstić information content (AvgIpc) is 2.69. The molecule has 0 radical (unpaired) electrons. The fraction of sp³-hybridized carbons (Fsp3) is 0.0833. The summed E-state index contributed by atoms with van der Waals surface area (Å²) in [5.74, 6) is -2.22. The Labute approximate surface area is 101 Å². The van der Waals surface area contributed by atoms with E-state index in [4.69, 9.17) is 16.0 Å². The second-order valence-corrected chi connectivity index (χ2v) is 3.89. The molecule has 0 aliphatic heterocycles. The molecule has 0 bridgehead atoms. The number of hydrogen-bond donors (Lipinski definition) is 0. The van der Waals surface area contributed by atoms with Gasteiger partial charge in [0.1, 0.15) is 5.76 Å². The normalized spacial score (nSPS) is 10.6. The van der Waals surface area contributed by atoms with Gasteiger partial charge in [-0.15, -0.1) is 0 Å². The Kier molecular flexibility index (Phi) is 2.98. The van der Waals surface area contributed by atoms with Gasteiger partial charge in [-0.3, -0.25) is 4.79 Å². The largest absolute Gasteiger partial charge is 0.458 e. The molecule has 0 atom stereocenters. The van der Waals surface area contributed by atoms with Gasteiger partial charge >= 0.3 is 0 Å². The third kappa shape index (κ3) is 2.22. The zero-order valence-electron chi connectivity index (χ0n) is 8.76. The van der Waals surface area contributed by atoms with Gasteiger partial charge in [0.2, 0.25) is 5.78 Å². The SMILES string of the molecule is Cc1ccc(C(=O)c2cc(F)c(F)cc2Cl)o1. The van der Waals surface area contributed by atoms with Crippen LogP contribution in [-0.2, 0) is 0 Å². The number of carbonyl (C=O) groups excluding carboxylic acids is 1. The molecule has 1 aromatic heterocycles. The van der Waals surface area contributed by atoms with Crippen LogP contribution < -0.4 is 0 Å². The predicted octanol–water partition coefficient (Wildman–Crippen LogP) is 3.75. The van der Waals surface area contributed by atoms with Crippen molar-refractivity contribution in [2.45, 2.75) is 6.92 Å². The van der Waals surface area contributed by atoms with E-state index in [2.05, 4.69) is 0 Å². The highest BCUT2D eigenvalue weighted by atomic mass is 35.5. The van der Waals surface area contributed by atoms with E-state index in [0.717, 1.165) is 12.1 Å². The van der Waals surface area contributed by atoms with Crippen LogP contribution in [0, 0.1) is 18.6 Å². The molecule has 0 aliphatic carbocycles. The number of hydrogen-bond acceptors (Lipinski definition) is 2. The molecule has 0 N–H and O–H groups in total. The minimum absolute atomic E-state index is 0.0374. The van der Waals surface area contributed by atoms with Crippen LogP contribution >= 0.6 is 11.6 Å². The van der Waals surface area contributed by atoms with Gasteiger partial charge in [-0.25, -0.2) is 8.78 Å². The smallest absolute Gasteiger partial charge is 0.229 e. The maximum atomic E-state index is 13.0. The summed E-state index contributed by atoms with van der Waals surface area (Å²) in [4.78, 5) is 11.9. The van der Waals surface area contributed by atoms with Crippen LogP contribution in [0.25, 0.3) is 0 Å². The van der Waals surface area contributed by atoms with Crippen molar-refractivity contribution in [3.05, 3.63) is 58.0 Å². The van der Waals surface area contributed by atoms with Crippen LogP contribution in [0.3, 0.4) is 0 Å². The summed E-state index contributed by atoms with van der Waals surface area (Å²) in [6.45, 7) is 1.67. The van der Waals surface area contributed by atoms with Crippen LogP contribution in [0.4, 0.5) is 8.78 Å². The van der Waals surface area contributed by atoms with Crippen LogP contribution in [-0.4, -0.2) is 5.78 Å². The summed E-state index contributed by atoms with van der Waals surface area (Å²) < 4.78 is 31.0. The zero-order valence-corrected chi connectivity index (χ0v) is 9.52. The van der Waals surface area contributed by atoms with E-state index in [1.165, 1.54) is 6.07 Å². The topological polar surface area (TPSA) is 30.2 Å². The van der Waals surface area contributed by atoms with Crippen LogP contribution in [0.1, 0.15) is 21.9 Å². The van der Waals surface area contributed by atoms with Crippen molar-refractivity contribution >= 4 is 17.4 Å². The Morgan fingerprint density at radius 1 is 1.24 bits per heavy atom. The minimum atomic E-state index is -1.12. The molecular weight excluding hydrogens is 250 g/mol. The van der Waals surface area contributed by atoms with Crippen molar-refractivity contribution in [1.82, 2.24) is 0 Å². The summed E-state index contributed by atoms with van der Waals surface area (Å²) >= 11 is 5.68. The third-order valence-corrected chi connectivity index (χ3v) is 2.53. The molecule has 1 heterocycles. The zero-order chi connectivity index (χ0) is 12.6. The predicted molar refractivity (Wildman–Crippen MR) is 58.2 cm³/mol. The highest BCUT2D eigenvalue weighted by Gasteiger charge is 2.18. The summed E-state index contributed by atoms with van der Waals surface area (Å²) in [7, 11) is 0. The third-order valence-electron chi connectivity index (χ3n) is 2.22. The maximum Gasteiger partial charge on any atom is 0.229 e. The summed E-state index contributed by atoms with van der Waals surface area (Å²) in [5, 5.41) is -0.150. The second kappa shape index (κ2) is 4.30. The highest BCUT2D eigenvalue weighted by molar-refractivity contribution is 6.34. The molecule has 2 nitrogen and oxygen atoms in total. The molecule has 1 aromatic carbocycles. The van der Waals surface area contributed by atoms with Gasteiger partial charge in [0.15, 0.2) is 17.4 Å². The molecule has 0 saturated carbocycles. The first-order chi connectivity index (χ1) is 7.99. The number of ketones is 1. The fourth-order valence-electron chi connectivity index (χ4n) is 1.39. The Balaban J connectivity index is 2.47. The molecular formula is C12H7ClF2O2. The molecule has 0 unspecified atom stereocenters. The van der Waals surface area contributed by atoms with Gasteiger partial charge < -0.3 is 4.42 Å². The molecule has 88 valence electrons. The number of carbonyl (C=O) groups is 1. The van der Waals surface area contributed by atoms with E-state index in [-0.39, 0.29) is 16.3 Å². The van der Waals surface area contributed by atoms with Gasteiger partial charge in [0.25, 0.3) is 0 Å². The first kappa shape index (κ1) is 11.8. The van der Waals surface area contributed by atoms with E-state index in [1.807, 2.05) is 0 Å². The number of halogens is 3. The molecule has 0 amide bonds. The van der Waals surface area contributed by atoms with E-state index >= 15 is 0 Å². The monoisotopic (exact) mass is 256 g/mol. The molecule has 0 aliphatic rings. The minimum Gasteiger partial charge on any atom is -0.458 e. The molecule has 17 heavy (non-hydrogen) atoms. The van der Waals surface area contributed by atoms with Gasteiger partial charge in [-0.2, -0.15) is 0 Å². The first-order valence-corrected chi connectivity index (χ1v) is 5.12. The number of rotatable bonds is 2. The quantitative estimate of drug-likeness (QED) is 0.605. The van der Waals surface area contributed by atoms with Gasteiger partial charge in [-0.1, -0.05) is 11.6 Å². The van der Waals surface area contributed by atoms with E-state index in [9.17, 15) is 13.6 Å². The van der Waals surface area contributed by atoms with Crippen LogP contribution in [0.2, 0.25) is 5.02 Å². The Bertz CT molecular complexity index is 590. The van der Waals surface area contributed by atoms with Crippen molar-refractivity contribution in [1.29, 1.82) is 0 Å². The maximum absolute atomic E-state index is 13.0. The van der Waals surface area contributed by atoms with E-state index < -0.39 is 17.4 Å². The van der Waals surface area contributed by atoms with E-state index in [0.29, 0.717) is 5.76 Å². The van der Waals surface area contributed by atoms with Crippen molar-refractivity contribution < 1.29 is 18.0 Å². The van der Waals surface area contributed by atoms with Crippen molar-refractivity contribution in [2.75, 3.05) is 0 Å². The highest BCUT2D eigenvalue weighted by Crippen LogP contribution is 2.23. The van der Waals surface area contributed by atoms with Gasteiger partial charge in [0, 0.05) is 5.56 Å². The van der Waals surface area contributed by atoms with E-state index in [1.54, 1.807) is 13.0 Å². The lowest BCUT2D eigenvalue weighted by atomic mass is 10.1. The van der Waals surface area contributed by atoms with Gasteiger partial charge in [0.05, 0.1) is 5.02 Å². The number of benzene rings is 1. The van der Waals surface area contributed by atoms with Crippen LogP contribution in [0.5, 0.6) is 0 Å². The molecule has 2 aromatic rings. The molecule has 0 saturated heterocycles. The van der Waals surface area contributed by atoms with Crippen molar-refractivity contribution in [2.24, 2.45) is 0 Å². The van der Waals surface area contributed by atoms with Gasteiger partial charge in [-0.05, 0) is 31.2 Å². The molecule has 5 heteroatoms. The lowest BCUT2D eigenvalue weighted by molar-refractivity contribution is 0.101. The average molecular weight is 257 g/mol. The molecule has 0 spiro atoms. The van der Waals surface area contributed by atoms with Crippen LogP contribution in [0.15, 0.2) is 28.7 Å². The summed E-state index contributed by atoms with van der Waals surface area (Å²) in [6, 6.07) is 4.58. The standard InChI is InChI=1S/C12H7ClF2O2/c1-6-2-3-11(17-6)12(16)7-4-9(14)10(15)5-8(7)13/h2-5H,1H3. The molecule has 0 fully saturated rings. The summed E-state index contributed by atoms with van der Waals surface area (Å²) in [6.07, 6.45) is 0.